The lowest BCUT2D eigenvalue weighted by Crippen LogP contribution is -2.26. The van der Waals surface area contributed by atoms with E-state index in [-0.39, 0.29) is 30.7 Å². The Morgan fingerprint density at radius 2 is 1.70 bits per heavy atom. The van der Waals surface area contributed by atoms with Crippen molar-refractivity contribution in [3.8, 4) is 0 Å². The SMILES string of the molecule is O=C(O)CCNC(=O)c1ccc(NC(=O)C2CCCCC2)cc1. The van der Waals surface area contributed by atoms with Gasteiger partial charge in [0.2, 0.25) is 5.91 Å². The number of anilines is 1. The van der Waals surface area contributed by atoms with Gasteiger partial charge in [-0.15, -0.1) is 0 Å². The van der Waals surface area contributed by atoms with Crippen LogP contribution in [-0.2, 0) is 9.59 Å². The zero-order valence-corrected chi connectivity index (χ0v) is 13.0. The highest BCUT2D eigenvalue weighted by Gasteiger charge is 2.21. The van der Waals surface area contributed by atoms with Crippen LogP contribution in [0.1, 0.15) is 48.9 Å². The minimum atomic E-state index is -0.953. The Labute approximate surface area is 135 Å². The number of amides is 2. The fourth-order valence-corrected chi connectivity index (χ4v) is 2.70. The van der Waals surface area contributed by atoms with Crippen molar-refractivity contribution >= 4 is 23.5 Å². The van der Waals surface area contributed by atoms with Crippen molar-refractivity contribution in [1.82, 2.24) is 5.32 Å². The van der Waals surface area contributed by atoms with Gasteiger partial charge in [-0.05, 0) is 37.1 Å². The number of carboxylic acids is 1. The summed E-state index contributed by atoms with van der Waals surface area (Å²) in [6.07, 6.45) is 5.18. The first-order chi connectivity index (χ1) is 11.1. The normalized spacial score (nSPS) is 15.0. The number of hydrogen-bond acceptors (Lipinski definition) is 3. The first-order valence-corrected chi connectivity index (χ1v) is 7.97. The van der Waals surface area contributed by atoms with Gasteiger partial charge in [0.15, 0.2) is 0 Å². The summed E-state index contributed by atoms with van der Waals surface area (Å²) in [7, 11) is 0. The topological polar surface area (TPSA) is 95.5 Å². The maximum absolute atomic E-state index is 12.1. The minimum absolute atomic E-state index is 0.0448. The highest BCUT2D eigenvalue weighted by molar-refractivity contribution is 5.96. The molecule has 1 saturated carbocycles. The molecule has 0 bridgehead atoms. The first-order valence-electron chi connectivity index (χ1n) is 7.97. The Morgan fingerprint density at radius 1 is 1.04 bits per heavy atom. The van der Waals surface area contributed by atoms with Crippen LogP contribution < -0.4 is 10.6 Å². The van der Waals surface area contributed by atoms with E-state index in [9.17, 15) is 14.4 Å². The number of carboxylic acid groups (broad SMARTS) is 1. The van der Waals surface area contributed by atoms with Crippen molar-refractivity contribution in [3.05, 3.63) is 29.8 Å². The molecular formula is C17H22N2O4. The first kappa shape index (κ1) is 17.0. The van der Waals surface area contributed by atoms with E-state index in [1.54, 1.807) is 24.3 Å². The Kier molecular flexibility index (Phi) is 6.14. The van der Waals surface area contributed by atoms with Crippen molar-refractivity contribution in [2.24, 2.45) is 5.92 Å². The van der Waals surface area contributed by atoms with Gasteiger partial charge in [-0.1, -0.05) is 19.3 Å². The zero-order valence-electron chi connectivity index (χ0n) is 13.0. The fraction of sp³-hybridized carbons (Fsp3) is 0.471. The van der Waals surface area contributed by atoms with Crippen molar-refractivity contribution < 1.29 is 19.5 Å². The van der Waals surface area contributed by atoms with Crippen molar-refractivity contribution in [3.63, 3.8) is 0 Å². The molecule has 6 heteroatoms. The molecule has 0 atom stereocenters. The number of rotatable bonds is 6. The molecule has 6 nitrogen and oxygen atoms in total. The molecule has 2 rings (SSSR count). The maximum atomic E-state index is 12.1. The summed E-state index contributed by atoms with van der Waals surface area (Å²) in [5.74, 6) is -1.14. The lowest BCUT2D eigenvalue weighted by Gasteiger charge is -2.20. The molecular weight excluding hydrogens is 296 g/mol. The second kappa shape index (κ2) is 8.31. The Balaban J connectivity index is 1.84. The number of carbonyl (C=O) groups is 3. The molecule has 0 spiro atoms. The summed E-state index contributed by atoms with van der Waals surface area (Å²) in [5.41, 5.74) is 1.11. The van der Waals surface area contributed by atoms with E-state index in [1.807, 2.05) is 0 Å². The monoisotopic (exact) mass is 318 g/mol. The third-order valence-corrected chi connectivity index (χ3v) is 4.02. The van der Waals surface area contributed by atoms with Crippen LogP contribution in [0.4, 0.5) is 5.69 Å². The van der Waals surface area contributed by atoms with Gasteiger partial charge in [0.25, 0.3) is 5.91 Å². The van der Waals surface area contributed by atoms with Crippen molar-refractivity contribution in [2.75, 3.05) is 11.9 Å². The molecule has 1 aliphatic rings. The minimum Gasteiger partial charge on any atom is -0.481 e. The maximum Gasteiger partial charge on any atom is 0.305 e. The van der Waals surface area contributed by atoms with Crippen LogP contribution in [-0.4, -0.2) is 29.4 Å². The summed E-state index contributed by atoms with van der Waals surface area (Å²) in [6, 6.07) is 6.61. The average Bonchev–Trinajstić information content (AvgIpc) is 2.56. The highest BCUT2D eigenvalue weighted by Crippen LogP contribution is 2.25. The van der Waals surface area contributed by atoms with Crippen LogP contribution in [0.25, 0.3) is 0 Å². The van der Waals surface area contributed by atoms with E-state index in [1.165, 1.54) is 6.42 Å². The second-order valence-corrected chi connectivity index (χ2v) is 5.80. The van der Waals surface area contributed by atoms with E-state index in [0.29, 0.717) is 11.3 Å². The summed E-state index contributed by atoms with van der Waals surface area (Å²) >= 11 is 0. The lowest BCUT2D eigenvalue weighted by molar-refractivity contribution is -0.136. The number of nitrogens with one attached hydrogen (secondary N) is 2. The van der Waals surface area contributed by atoms with E-state index >= 15 is 0 Å². The number of aliphatic carboxylic acids is 1. The third kappa shape index (κ3) is 5.39. The number of carbonyl (C=O) groups excluding carboxylic acids is 2. The Hall–Kier alpha value is -2.37. The molecule has 2 amide bonds. The molecule has 23 heavy (non-hydrogen) atoms. The molecule has 1 fully saturated rings. The molecule has 0 unspecified atom stereocenters. The Morgan fingerprint density at radius 3 is 2.30 bits per heavy atom. The second-order valence-electron chi connectivity index (χ2n) is 5.80. The Bertz CT molecular complexity index is 562. The van der Waals surface area contributed by atoms with Gasteiger partial charge >= 0.3 is 5.97 Å². The van der Waals surface area contributed by atoms with Gasteiger partial charge < -0.3 is 15.7 Å². The fourth-order valence-electron chi connectivity index (χ4n) is 2.70. The van der Waals surface area contributed by atoms with Crippen molar-refractivity contribution in [1.29, 1.82) is 0 Å². The molecule has 0 radical (unpaired) electrons. The zero-order chi connectivity index (χ0) is 16.7. The van der Waals surface area contributed by atoms with Crippen molar-refractivity contribution in [2.45, 2.75) is 38.5 Å². The molecule has 124 valence electrons. The van der Waals surface area contributed by atoms with Crippen LogP contribution in [0.5, 0.6) is 0 Å². The molecule has 0 saturated heterocycles. The van der Waals surface area contributed by atoms with E-state index in [4.69, 9.17) is 5.11 Å². The predicted molar refractivity (Wildman–Crippen MR) is 86.2 cm³/mol. The van der Waals surface area contributed by atoms with Gasteiger partial charge in [0.1, 0.15) is 0 Å². The van der Waals surface area contributed by atoms with E-state index in [0.717, 1.165) is 25.7 Å². The highest BCUT2D eigenvalue weighted by atomic mass is 16.4. The predicted octanol–water partition coefficient (Wildman–Crippen LogP) is 2.41. The molecule has 0 heterocycles. The largest absolute Gasteiger partial charge is 0.481 e. The van der Waals surface area contributed by atoms with Crippen LogP contribution >= 0.6 is 0 Å². The van der Waals surface area contributed by atoms with Gasteiger partial charge in [-0.3, -0.25) is 14.4 Å². The standard InChI is InChI=1S/C17H22N2O4/c20-15(21)10-11-18-16(22)13-6-8-14(9-7-13)19-17(23)12-4-2-1-3-5-12/h6-9,12H,1-5,10-11H2,(H,18,22)(H,19,23)(H,20,21). The van der Waals surface area contributed by atoms with Crippen LogP contribution in [0.2, 0.25) is 0 Å². The molecule has 1 aromatic rings. The smallest absolute Gasteiger partial charge is 0.305 e. The van der Waals surface area contributed by atoms with Crippen LogP contribution in [0, 0.1) is 5.92 Å². The van der Waals surface area contributed by atoms with Crippen LogP contribution in [0.15, 0.2) is 24.3 Å². The summed E-state index contributed by atoms with van der Waals surface area (Å²) in [5, 5.41) is 14.0. The van der Waals surface area contributed by atoms with E-state index in [2.05, 4.69) is 10.6 Å². The van der Waals surface area contributed by atoms with Gasteiger partial charge in [0, 0.05) is 23.7 Å². The third-order valence-electron chi connectivity index (χ3n) is 4.02. The number of hydrogen-bond donors (Lipinski definition) is 3. The summed E-state index contributed by atoms with van der Waals surface area (Å²) in [4.78, 5) is 34.4. The number of benzene rings is 1. The summed E-state index contributed by atoms with van der Waals surface area (Å²) < 4.78 is 0. The molecule has 1 aromatic carbocycles. The molecule has 3 N–H and O–H groups in total. The average molecular weight is 318 g/mol. The summed E-state index contributed by atoms with van der Waals surface area (Å²) in [6.45, 7) is 0.0916. The lowest BCUT2D eigenvalue weighted by atomic mass is 9.88. The van der Waals surface area contributed by atoms with E-state index < -0.39 is 5.97 Å². The van der Waals surface area contributed by atoms with Gasteiger partial charge in [-0.25, -0.2) is 0 Å². The van der Waals surface area contributed by atoms with Crippen LogP contribution in [0.3, 0.4) is 0 Å². The molecule has 0 aliphatic heterocycles. The molecule has 0 aromatic heterocycles. The van der Waals surface area contributed by atoms with Gasteiger partial charge in [0.05, 0.1) is 6.42 Å². The molecule has 1 aliphatic carbocycles. The quantitative estimate of drug-likeness (QED) is 0.750. The van der Waals surface area contributed by atoms with Gasteiger partial charge in [-0.2, -0.15) is 0 Å².